The highest BCUT2D eigenvalue weighted by atomic mass is 79.9. The van der Waals surface area contributed by atoms with E-state index in [1.165, 1.54) is 17.2 Å². The number of aryl methyl sites for hydroxylation is 3. The van der Waals surface area contributed by atoms with Gasteiger partial charge in [-0.1, -0.05) is 64.3 Å². The average molecular weight is 547 g/mol. The SMILES string of the molecule is CCc1ccc(N2C(=O)NC(=O)/C(=C\c3cc(Br)c(Cc4cc(C)cc(C)c4)c(OC)c3)C2=O)cc1. The van der Waals surface area contributed by atoms with Crippen LogP contribution in [0.2, 0.25) is 0 Å². The molecule has 6 nitrogen and oxygen atoms in total. The van der Waals surface area contributed by atoms with Crippen LogP contribution in [0.5, 0.6) is 5.75 Å². The molecule has 0 aliphatic carbocycles. The number of hydrogen-bond acceptors (Lipinski definition) is 4. The predicted molar refractivity (Wildman–Crippen MR) is 144 cm³/mol. The number of amides is 4. The Morgan fingerprint density at radius 2 is 1.61 bits per heavy atom. The van der Waals surface area contributed by atoms with Gasteiger partial charge in [0.15, 0.2) is 0 Å². The zero-order valence-corrected chi connectivity index (χ0v) is 22.2. The number of urea groups is 1. The van der Waals surface area contributed by atoms with Crippen LogP contribution in [0.3, 0.4) is 0 Å². The minimum absolute atomic E-state index is 0.134. The summed E-state index contributed by atoms with van der Waals surface area (Å²) in [4.78, 5) is 39.4. The van der Waals surface area contributed by atoms with E-state index in [0.29, 0.717) is 23.4 Å². The van der Waals surface area contributed by atoms with E-state index in [4.69, 9.17) is 4.74 Å². The molecule has 1 N–H and O–H groups in total. The van der Waals surface area contributed by atoms with Gasteiger partial charge in [-0.25, -0.2) is 9.69 Å². The van der Waals surface area contributed by atoms with Gasteiger partial charge in [0.2, 0.25) is 0 Å². The van der Waals surface area contributed by atoms with E-state index >= 15 is 0 Å². The second-order valence-electron chi connectivity index (χ2n) is 8.83. The van der Waals surface area contributed by atoms with E-state index in [9.17, 15) is 14.4 Å². The Hall–Kier alpha value is -3.71. The molecule has 1 aliphatic rings. The van der Waals surface area contributed by atoms with Crippen molar-refractivity contribution in [1.29, 1.82) is 0 Å². The maximum absolute atomic E-state index is 13.2. The molecule has 0 bridgehead atoms. The van der Waals surface area contributed by atoms with Crippen LogP contribution >= 0.6 is 15.9 Å². The summed E-state index contributed by atoms with van der Waals surface area (Å²) in [5.74, 6) is -0.787. The molecule has 0 saturated carbocycles. The minimum atomic E-state index is -0.769. The van der Waals surface area contributed by atoms with Gasteiger partial charge < -0.3 is 4.74 Å². The van der Waals surface area contributed by atoms with E-state index in [-0.39, 0.29) is 5.57 Å². The number of carbonyl (C=O) groups is 3. The van der Waals surface area contributed by atoms with E-state index in [2.05, 4.69) is 53.3 Å². The highest BCUT2D eigenvalue weighted by molar-refractivity contribution is 9.10. The normalized spacial score (nSPS) is 14.9. The summed E-state index contributed by atoms with van der Waals surface area (Å²) in [7, 11) is 1.59. The van der Waals surface area contributed by atoms with Crippen molar-refractivity contribution in [3.05, 3.63) is 98.0 Å². The Morgan fingerprint density at radius 3 is 2.22 bits per heavy atom. The fourth-order valence-corrected chi connectivity index (χ4v) is 4.98. The molecule has 36 heavy (non-hydrogen) atoms. The molecule has 1 saturated heterocycles. The fraction of sp³-hybridized carbons (Fsp3) is 0.207. The molecule has 3 aromatic rings. The quantitative estimate of drug-likeness (QED) is 0.308. The first kappa shape index (κ1) is 25.4. The first-order chi connectivity index (χ1) is 17.2. The molecule has 7 heteroatoms. The Kier molecular flexibility index (Phi) is 7.40. The van der Waals surface area contributed by atoms with Gasteiger partial charge in [-0.3, -0.25) is 14.9 Å². The number of halogens is 1. The van der Waals surface area contributed by atoms with Crippen molar-refractivity contribution >= 4 is 45.5 Å². The van der Waals surface area contributed by atoms with Gasteiger partial charge in [0.05, 0.1) is 12.8 Å². The van der Waals surface area contributed by atoms with E-state index < -0.39 is 17.8 Å². The molecule has 0 unspecified atom stereocenters. The lowest BCUT2D eigenvalue weighted by molar-refractivity contribution is -0.122. The summed E-state index contributed by atoms with van der Waals surface area (Å²) in [5.41, 5.74) is 6.42. The molecule has 1 heterocycles. The number of barbiturate groups is 1. The number of methoxy groups -OCH3 is 1. The maximum atomic E-state index is 13.2. The lowest BCUT2D eigenvalue weighted by Crippen LogP contribution is -2.54. The molecule has 1 fully saturated rings. The largest absolute Gasteiger partial charge is 0.496 e. The number of ether oxygens (including phenoxy) is 1. The smallest absolute Gasteiger partial charge is 0.335 e. The number of carbonyl (C=O) groups excluding carboxylic acids is 3. The molecular weight excluding hydrogens is 520 g/mol. The minimum Gasteiger partial charge on any atom is -0.496 e. The summed E-state index contributed by atoms with van der Waals surface area (Å²) < 4.78 is 6.45. The third-order valence-corrected chi connectivity index (χ3v) is 6.78. The molecule has 4 rings (SSSR count). The van der Waals surface area contributed by atoms with Crippen LogP contribution in [0.15, 0.2) is 64.6 Å². The number of rotatable bonds is 6. The highest BCUT2D eigenvalue weighted by Gasteiger charge is 2.36. The standard InChI is InChI=1S/C29H27BrN2O4/c1-5-19-6-8-22(9-7-19)32-28(34)24(27(33)31-29(32)35)14-21-15-25(30)23(26(16-21)36-4)13-20-11-17(2)10-18(3)12-20/h6-12,14-16H,5,13H2,1-4H3,(H,31,33,35)/b24-14+. The highest BCUT2D eigenvalue weighted by Crippen LogP contribution is 2.33. The van der Waals surface area contributed by atoms with Crippen molar-refractivity contribution < 1.29 is 19.1 Å². The van der Waals surface area contributed by atoms with Crippen LogP contribution in [0.4, 0.5) is 10.5 Å². The molecule has 3 aromatic carbocycles. The monoisotopic (exact) mass is 546 g/mol. The first-order valence-corrected chi connectivity index (χ1v) is 12.4. The van der Waals surface area contributed by atoms with Crippen LogP contribution in [0, 0.1) is 13.8 Å². The average Bonchev–Trinajstić information content (AvgIpc) is 2.83. The van der Waals surface area contributed by atoms with Gasteiger partial charge in [-0.2, -0.15) is 0 Å². The molecule has 0 aromatic heterocycles. The lowest BCUT2D eigenvalue weighted by Gasteiger charge is -2.26. The van der Waals surface area contributed by atoms with Gasteiger partial charge in [-0.15, -0.1) is 0 Å². The summed E-state index contributed by atoms with van der Waals surface area (Å²) in [6.45, 7) is 6.15. The van der Waals surface area contributed by atoms with Gasteiger partial charge in [-0.05, 0) is 67.3 Å². The Bertz CT molecular complexity index is 1370. The summed E-state index contributed by atoms with van der Waals surface area (Å²) in [5, 5.41) is 2.27. The van der Waals surface area contributed by atoms with Crippen molar-refractivity contribution in [2.75, 3.05) is 12.0 Å². The van der Waals surface area contributed by atoms with Crippen LogP contribution < -0.4 is 15.0 Å². The zero-order chi connectivity index (χ0) is 26.0. The second-order valence-corrected chi connectivity index (χ2v) is 9.69. The van der Waals surface area contributed by atoms with Crippen LogP contribution in [-0.2, 0) is 22.4 Å². The Balaban J connectivity index is 1.69. The van der Waals surface area contributed by atoms with Crippen LogP contribution in [-0.4, -0.2) is 25.0 Å². The fourth-order valence-electron chi connectivity index (χ4n) is 4.38. The molecule has 0 atom stereocenters. The zero-order valence-electron chi connectivity index (χ0n) is 20.6. The third kappa shape index (κ3) is 5.26. The number of anilines is 1. The van der Waals surface area contributed by atoms with Crippen molar-refractivity contribution in [3.8, 4) is 5.75 Å². The molecular formula is C29H27BrN2O4. The summed E-state index contributed by atoms with van der Waals surface area (Å²) >= 11 is 3.64. The van der Waals surface area contributed by atoms with Crippen molar-refractivity contribution in [2.24, 2.45) is 0 Å². The molecule has 0 spiro atoms. The molecule has 0 radical (unpaired) electrons. The summed E-state index contributed by atoms with van der Waals surface area (Å²) in [6.07, 6.45) is 2.96. The van der Waals surface area contributed by atoms with Gasteiger partial charge in [0.1, 0.15) is 11.3 Å². The Morgan fingerprint density at radius 1 is 0.944 bits per heavy atom. The van der Waals surface area contributed by atoms with Crippen LogP contribution in [0.1, 0.15) is 40.3 Å². The third-order valence-electron chi connectivity index (χ3n) is 6.07. The number of nitrogens with one attached hydrogen (secondary N) is 1. The predicted octanol–water partition coefficient (Wildman–Crippen LogP) is 5.89. The molecule has 184 valence electrons. The molecule has 1 aliphatic heterocycles. The van der Waals surface area contributed by atoms with Crippen LogP contribution in [0.25, 0.3) is 6.08 Å². The van der Waals surface area contributed by atoms with E-state index in [1.807, 2.05) is 25.1 Å². The summed E-state index contributed by atoms with van der Waals surface area (Å²) in [6, 6.07) is 16.4. The van der Waals surface area contributed by atoms with Crippen molar-refractivity contribution in [3.63, 3.8) is 0 Å². The van der Waals surface area contributed by atoms with E-state index in [1.54, 1.807) is 25.3 Å². The number of benzene rings is 3. The second kappa shape index (κ2) is 10.5. The number of nitrogens with zero attached hydrogens (tertiary/aromatic N) is 1. The number of hydrogen-bond donors (Lipinski definition) is 1. The van der Waals surface area contributed by atoms with Crippen molar-refractivity contribution in [1.82, 2.24) is 5.32 Å². The lowest BCUT2D eigenvalue weighted by atomic mass is 9.98. The topological polar surface area (TPSA) is 75.7 Å². The molecule has 4 amide bonds. The van der Waals surface area contributed by atoms with Gasteiger partial charge in [0, 0.05) is 16.5 Å². The number of imide groups is 2. The van der Waals surface area contributed by atoms with Crippen molar-refractivity contribution in [2.45, 2.75) is 33.6 Å². The van der Waals surface area contributed by atoms with Gasteiger partial charge >= 0.3 is 6.03 Å². The first-order valence-electron chi connectivity index (χ1n) is 11.6. The maximum Gasteiger partial charge on any atom is 0.335 e. The van der Waals surface area contributed by atoms with Gasteiger partial charge in [0.25, 0.3) is 11.8 Å². The Labute approximate surface area is 219 Å². The van der Waals surface area contributed by atoms with E-state index in [0.717, 1.165) is 32.5 Å².